The van der Waals surface area contributed by atoms with E-state index < -0.39 is 0 Å². The van der Waals surface area contributed by atoms with Gasteiger partial charge < -0.3 is 10.4 Å². The Balaban J connectivity index is 1.98. The van der Waals surface area contributed by atoms with Gasteiger partial charge in [0, 0.05) is 18.4 Å². The maximum absolute atomic E-state index is 11.8. The maximum atomic E-state index is 11.8. The third-order valence-electron chi connectivity index (χ3n) is 3.31. The second-order valence-electron chi connectivity index (χ2n) is 4.90. The molecule has 3 N–H and O–H groups in total. The minimum absolute atomic E-state index is 0.0359. The fourth-order valence-corrected chi connectivity index (χ4v) is 2.26. The highest BCUT2D eigenvalue weighted by Gasteiger charge is 2.08. The highest BCUT2D eigenvalue weighted by atomic mass is 16.3. The highest BCUT2D eigenvalue weighted by molar-refractivity contribution is 5.78. The molecule has 0 bridgehead atoms. The van der Waals surface area contributed by atoms with Crippen LogP contribution in [0.5, 0.6) is 0 Å². The van der Waals surface area contributed by atoms with Crippen molar-refractivity contribution in [2.24, 2.45) is 0 Å². The first-order valence-corrected chi connectivity index (χ1v) is 6.55. The van der Waals surface area contributed by atoms with Gasteiger partial charge in [0.25, 0.3) is 0 Å². The molecule has 0 aliphatic heterocycles. The predicted octanol–water partition coefficient (Wildman–Crippen LogP) is 1.38. The van der Waals surface area contributed by atoms with E-state index in [1.807, 2.05) is 26.0 Å². The van der Waals surface area contributed by atoms with Crippen molar-refractivity contribution < 1.29 is 9.90 Å². The minimum atomic E-state index is -0.0423. The topological polar surface area (TPSA) is 78.0 Å². The summed E-state index contributed by atoms with van der Waals surface area (Å²) in [5.41, 5.74) is 4.95. The van der Waals surface area contributed by atoms with Crippen molar-refractivity contribution in [3.63, 3.8) is 0 Å². The van der Waals surface area contributed by atoms with Gasteiger partial charge in [-0.2, -0.15) is 5.10 Å². The smallest absolute Gasteiger partial charge is 0.226 e. The first kappa shape index (κ1) is 14.3. The minimum Gasteiger partial charge on any atom is -0.392 e. The Bertz CT molecular complexity index is 568. The van der Waals surface area contributed by atoms with Gasteiger partial charge >= 0.3 is 0 Å². The molecule has 2 rings (SSSR count). The average Bonchev–Trinajstić information content (AvgIpc) is 2.90. The van der Waals surface area contributed by atoms with E-state index in [4.69, 9.17) is 5.11 Å². The second kappa shape index (κ2) is 6.34. The van der Waals surface area contributed by atoms with E-state index in [0.717, 1.165) is 27.9 Å². The van der Waals surface area contributed by atoms with Crippen LogP contribution in [0.15, 0.2) is 24.4 Å². The molecule has 106 valence electrons. The van der Waals surface area contributed by atoms with Crippen LogP contribution in [0, 0.1) is 13.8 Å². The monoisotopic (exact) mass is 273 g/mol. The van der Waals surface area contributed by atoms with Gasteiger partial charge in [-0.05, 0) is 42.2 Å². The number of carbonyl (C=O) groups excluding carboxylic acids is 1. The highest BCUT2D eigenvalue weighted by Crippen LogP contribution is 2.16. The molecule has 5 heteroatoms. The summed E-state index contributed by atoms with van der Waals surface area (Å²) < 4.78 is 0. The molecule has 0 unspecified atom stereocenters. The molecule has 1 aromatic carbocycles. The molecule has 0 atom stereocenters. The van der Waals surface area contributed by atoms with Gasteiger partial charge in [0.05, 0.1) is 13.0 Å². The zero-order chi connectivity index (χ0) is 14.5. The number of nitrogens with one attached hydrogen (secondary N) is 2. The lowest BCUT2D eigenvalue weighted by molar-refractivity contribution is -0.120. The number of aryl methyl sites for hydroxylation is 2. The number of aromatic nitrogens is 2. The lowest BCUT2D eigenvalue weighted by atomic mass is 9.99. The molecule has 1 amide bonds. The third-order valence-corrected chi connectivity index (χ3v) is 3.31. The number of amides is 1. The van der Waals surface area contributed by atoms with Crippen molar-refractivity contribution in [2.45, 2.75) is 33.4 Å². The lowest BCUT2D eigenvalue weighted by Gasteiger charge is -2.12. The number of aromatic amines is 1. The second-order valence-corrected chi connectivity index (χ2v) is 4.90. The first-order chi connectivity index (χ1) is 9.60. The predicted molar refractivity (Wildman–Crippen MR) is 76.0 cm³/mol. The van der Waals surface area contributed by atoms with Gasteiger partial charge in [0.15, 0.2) is 0 Å². The summed E-state index contributed by atoms with van der Waals surface area (Å²) in [4.78, 5) is 11.8. The average molecular weight is 273 g/mol. The molecule has 0 aliphatic rings. The van der Waals surface area contributed by atoms with Crippen LogP contribution < -0.4 is 5.32 Å². The summed E-state index contributed by atoms with van der Waals surface area (Å²) in [5, 5.41) is 18.6. The van der Waals surface area contributed by atoms with Crippen molar-refractivity contribution in [3.8, 4) is 0 Å². The summed E-state index contributed by atoms with van der Waals surface area (Å²) in [6.07, 6.45) is 1.93. The number of rotatable bonds is 5. The molecule has 0 saturated heterocycles. The fraction of sp³-hybridized carbons (Fsp3) is 0.333. The summed E-state index contributed by atoms with van der Waals surface area (Å²) >= 11 is 0. The SMILES string of the molecule is Cc1cc(CO)cc(C)c1CNC(=O)Cc1ccn[nH]1. The molecule has 0 saturated carbocycles. The zero-order valence-corrected chi connectivity index (χ0v) is 11.7. The molecule has 0 radical (unpaired) electrons. The molecule has 1 aromatic heterocycles. The van der Waals surface area contributed by atoms with Crippen LogP contribution in [-0.4, -0.2) is 21.2 Å². The number of H-pyrrole nitrogens is 1. The summed E-state index contributed by atoms with van der Waals surface area (Å²) in [5.74, 6) is -0.0423. The molecular formula is C15H19N3O2. The van der Waals surface area contributed by atoms with Gasteiger partial charge in [-0.25, -0.2) is 0 Å². The van der Waals surface area contributed by atoms with Crippen LogP contribution in [-0.2, 0) is 24.4 Å². The Labute approximate surface area is 118 Å². The number of hydrogen-bond donors (Lipinski definition) is 3. The Hall–Kier alpha value is -2.14. The Morgan fingerprint density at radius 3 is 2.60 bits per heavy atom. The van der Waals surface area contributed by atoms with Crippen molar-refractivity contribution >= 4 is 5.91 Å². The Kier molecular flexibility index (Phi) is 4.53. The van der Waals surface area contributed by atoms with Gasteiger partial charge in [-0.15, -0.1) is 0 Å². The lowest BCUT2D eigenvalue weighted by Crippen LogP contribution is -2.25. The van der Waals surface area contributed by atoms with Crippen LogP contribution in [0.25, 0.3) is 0 Å². The van der Waals surface area contributed by atoms with E-state index in [2.05, 4.69) is 15.5 Å². The molecule has 5 nitrogen and oxygen atoms in total. The number of aliphatic hydroxyl groups excluding tert-OH is 1. The van der Waals surface area contributed by atoms with E-state index in [1.54, 1.807) is 12.3 Å². The largest absolute Gasteiger partial charge is 0.392 e. The first-order valence-electron chi connectivity index (χ1n) is 6.55. The summed E-state index contributed by atoms with van der Waals surface area (Å²) in [7, 11) is 0. The third kappa shape index (κ3) is 3.45. The molecule has 2 aromatic rings. The maximum Gasteiger partial charge on any atom is 0.226 e. The van der Waals surface area contributed by atoms with Gasteiger partial charge in [-0.1, -0.05) is 12.1 Å². The van der Waals surface area contributed by atoms with Crippen molar-refractivity contribution in [3.05, 3.63) is 52.3 Å². The number of benzene rings is 1. The molecule has 0 aliphatic carbocycles. The molecule has 1 heterocycles. The number of nitrogens with zero attached hydrogens (tertiary/aromatic N) is 1. The quantitative estimate of drug-likeness (QED) is 0.770. The number of hydrogen-bond acceptors (Lipinski definition) is 3. The van der Waals surface area contributed by atoms with E-state index in [9.17, 15) is 4.79 Å². The van der Waals surface area contributed by atoms with Crippen molar-refractivity contribution in [2.75, 3.05) is 0 Å². The molecule has 0 spiro atoms. The summed E-state index contributed by atoms with van der Waals surface area (Å²) in [6.45, 7) is 4.51. The fourth-order valence-electron chi connectivity index (χ4n) is 2.26. The van der Waals surface area contributed by atoms with E-state index in [0.29, 0.717) is 13.0 Å². The van der Waals surface area contributed by atoms with Crippen LogP contribution in [0.1, 0.15) is 27.9 Å². The molecule has 0 fully saturated rings. The van der Waals surface area contributed by atoms with Crippen LogP contribution in [0.4, 0.5) is 0 Å². The van der Waals surface area contributed by atoms with E-state index in [-0.39, 0.29) is 12.5 Å². The van der Waals surface area contributed by atoms with E-state index in [1.165, 1.54) is 0 Å². The van der Waals surface area contributed by atoms with Gasteiger partial charge in [0.1, 0.15) is 0 Å². The normalized spacial score (nSPS) is 10.6. The number of carbonyl (C=O) groups is 1. The van der Waals surface area contributed by atoms with Gasteiger partial charge in [-0.3, -0.25) is 9.89 Å². The number of aliphatic hydroxyl groups is 1. The summed E-state index contributed by atoms with van der Waals surface area (Å²) in [6, 6.07) is 5.68. The zero-order valence-electron chi connectivity index (χ0n) is 11.7. The van der Waals surface area contributed by atoms with Gasteiger partial charge in [0.2, 0.25) is 5.91 Å². The van der Waals surface area contributed by atoms with Crippen LogP contribution in [0.2, 0.25) is 0 Å². The molecule has 20 heavy (non-hydrogen) atoms. The Morgan fingerprint density at radius 1 is 1.35 bits per heavy atom. The Morgan fingerprint density at radius 2 is 2.05 bits per heavy atom. The van der Waals surface area contributed by atoms with Crippen molar-refractivity contribution in [1.29, 1.82) is 0 Å². The standard InChI is InChI=1S/C15H19N3O2/c1-10-5-12(9-19)6-11(2)14(10)8-16-15(20)7-13-3-4-17-18-13/h3-6,19H,7-9H2,1-2H3,(H,16,20)(H,17,18). The van der Waals surface area contributed by atoms with Crippen molar-refractivity contribution in [1.82, 2.24) is 15.5 Å². The molecular weight excluding hydrogens is 254 g/mol. The van der Waals surface area contributed by atoms with Crippen LogP contribution >= 0.6 is 0 Å². The van der Waals surface area contributed by atoms with E-state index >= 15 is 0 Å². The van der Waals surface area contributed by atoms with Crippen LogP contribution in [0.3, 0.4) is 0 Å².